The number of halogens is 2. The molecule has 2 rings (SSSR count). The Morgan fingerprint density at radius 2 is 1.74 bits per heavy atom. The third-order valence-electron chi connectivity index (χ3n) is 3.25. The molecule has 0 N–H and O–H groups in total. The van der Waals surface area contributed by atoms with E-state index >= 15 is 0 Å². The van der Waals surface area contributed by atoms with Gasteiger partial charge in [-0.1, -0.05) is 29.3 Å². The topological polar surface area (TPSA) is 46.6 Å². The Balaban J connectivity index is 2.20. The van der Waals surface area contributed by atoms with Gasteiger partial charge in [0.2, 0.25) is 10.0 Å². The van der Waals surface area contributed by atoms with Gasteiger partial charge in [-0.2, -0.15) is 4.31 Å². The highest BCUT2D eigenvalue weighted by Gasteiger charge is 2.21. The molecule has 0 aliphatic rings. The fourth-order valence-corrected chi connectivity index (χ4v) is 3.65. The molecule has 0 aromatic heterocycles. The number of sulfonamides is 1. The average Bonchev–Trinajstić information content (AvgIpc) is 2.51. The lowest BCUT2D eigenvalue weighted by Gasteiger charge is -2.18. The molecule has 2 aromatic rings. The van der Waals surface area contributed by atoms with Crippen molar-refractivity contribution in [2.75, 3.05) is 13.7 Å². The number of rotatable bonds is 6. The monoisotopic (exact) mass is 373 g/mol. The molecule has 0 spiro atoms. The smallest absolute Gasteiger partial charge is 0.243 e. The van der Waals surface area contributed by atoms with Crippen LogP contribution in [0.4, 0.5) is 0 Å². The number of benzene rings is 2. The van der Waals surface area contributed by atoms with E-state index in [2.05, 4.69) is 0 Å². The van der Waals surface area contributed by atoms with Crippen molar-refractivity contribution in [3.05, 3.63) is 58.1 Å². The van der Waals surface area contributed by atoms with Gasteiger partial charge in [-0.25, -0.2) is 8.42 Å². The summed E-state index contributed by atoms with van der Waals surface area (Å²) in [6.07, 6.45) is 0. The summed E-state index contributed by atoms with van der Waals surface area (Å²) in [4.78, 5) is 0.202. The molecule has 124 valence electrons. The maximum absolute atomic E-state index is 12.6. The highest BCUT2D eigenvalue weighted by molar-refractivity contribution is 7.89. The summed E-state index contributed by atoms with van der Waals surface area (Å²) in [6, 6.07) is 11.3. The lowest BCUT2D eigenvalue weighted by Crippen LogP contribution is -2.26. The molecular formula is C16H17Cl2NO3S. The van der Waals surface area contributed by atoms with Crippen LogP contribution in [-0.4, -0.2) is 26.4 Å². The standard InChI is InChI=1S/C16H17Cl2NO3S/c1-3-22-14-6-8-15(9-7-14)23(20,21)19(2)11-12-4-5-13(17)10-16(12)18/h4-10H,3,11H2,1-2H3. The molecule has 2 aromatic carbocycles. The first-order valence-corrected chi connectivity index (χ1v) is 9.17. The zero-order chi connectivity index (χ0) is 17.0. The SMILES string of the molecule is CCOc1ccc(S(=O)(=O)N(C)Cc2ccc(Cl)cc2Cl)cc1. The second-order valence-electron chi connectivity index (χ2n) is 4.90. The Kier molecular flexibility index (Phi) is 5.92. The highest BCUT2D eigenvalue weighted by atomic mass is 35.5. The zero-order valence-electron chi connectivity index (χ0n) is 12.8. The summed E-state index contributed by atoms with van der Waals surface area (Å²) in [6.45, 7) is 2.56. The molecule has 0 radical (unpaired) electrons. The molecule has 0 unspecified atom stereocenters. The molecule has 0 bridgehead atoms. The van der Waals surface area contributed by atoms with Crippen LogP contribution < -0.4 is 4.74 Å². The predicted octanol–water partition coefficient (Wildman–Crippen LogP) is 4.21. The minimum absolute atomic E-state index is 0.158. The van der Waals surface area contributed by atoms with Crippen molar-refractivity contribution in [2.45, 2.75) is 18.4 Å². The molecule has 0 aliphatic heterocycles. The molecule has 4 nitrogen and oxygen atoms in total. The zero-order valence-corrected chi connectivity index (χ0v) is 15.1. The third kappa shape index (κ3) is 4.38. The van der Waals surface area contributed by atoms with Crippen molar-refractivity contribution >= 4 is 33.2 Å². The van der Waals surface area contributed by atoms with Gasteiger partial charge in [0, 0.05) is 23.6 Å². The number of nitrogens with zero attached hydrogens (tertiary/aromatic N) is 1. The number of ether oxygens (including phenoxy) is 1. The number of hydrogen-bond acceptors (Lipinski definition) is 3. The van der Waals surface area contributed by atoms with Crippen molar-refractivity contribution in [1.82, 2.24) is 4.31 Å². The second kappa shape index (κ2) is 7.53. The van der Waals surface area contributed by atoms with E-state index in [4.69, 9.17) is 27.9 Å². The maximum Gasteiger partial charge on any atom is 0.243 e. The van der Waals surface area contributed by atoms with Gasteiger partial charge in [-0.05, 0) is 48.9 Å². The van der Waals surface area contributed by atoms with E-state index in [9.17, 15) is 8.42 Å². The largest absolute Gasteiger partial charge is 0.494 e. The van der Waals surface area contributed by atoms with Gasteiger partial charge in [-0.15, -0.1) is 0 Å². The molecular weight excluding hydrogens is 357 g/mol. The van der Waals surface area contributed by atoms with Crippen molar-refractivity contribution < 1.29 is 13.2 Å². The van der Waals surface area contributed by atoms with Crippen LogP contribution >= 0.6 is 23.2 Å². The second-order valence-corrected chi connectivity index (χ2v) is 7.79. The average molecular weight is 374 g/mol. The first kappa shape index (κ1) is 18.1. The van der Waals surface area contributed by atoms with Crippen LogP contribution in [0.3, 0.4) is 0 Å². The van der Waals surface area contributed by atoms with Crippen LogP contribution in [0.2, 0.25) is 10.0 Å². The van der Waals surface area contributed by atoms with E-state index in [1.165, 1.54) is 23.5 Å². The first-order chi connectivity index (χ1) is 10.8. The Morgan fingerprint density at radius 1 is 1.09 bits per heavy atom. The molecule has 23 heavy (non-hydrogen) atoms. The minimum atomic E-state index is -3.61. The normalized spacial score (nSPS) is 11.7. The Bertz CT molecular complexity index is 776. The predicted molar refractivity (Wildman–Crippen MR) is 92.7 cm³/mol. The van der Waals surface area contributed by atoms with Crippen LogP contribution in [0.5, 0.6) is 5.75 Å². The fourth-order valence-electron chi connectivity index (χ4n) is 2.03. The van der Waals surface area contributed by atoms with Gasteiger partial charge in [0.25, 0.3) is 0 Å². The van der Waals surface area contributed by atoms with Gasteiger partial charge in [0.05, 0.1) is 11.5 Å². The highest BCUT2D eigenvalue weighted by Crippen LogP contribution is 2.25. The lowest BCUT2D eigenvalue weighted by atomic mass is 10.2. The Morgan fingerprint density at radius 3 is 2.30 bits per heavy atom. The molecule has 0 saturated heterocycles. The van der Waals surface area contributed by atoms with Crippen molar-refractivity contribution in [1.29, 1.82) is 0 Å². The summed E-state index contributed by atoms with van der Waals surface area (Å²) >= 11 is 12.0. The fraction of sp³-hybridized carbons (Fsp3) is 0.250. The Labute approximate surface area is 146 Å². The van der Waals surface area contributed by atoms with Gasteiger partial charge >= 0.3 is 0 Å². The van der Waals surface area contributed by atoms with Gasteiger partial charge < -0.3 is 4.74 Å². The van der Waals surface area contributed by atoms with Crippen molar-refractivity contribution in [3.8, 4) is 5.75 Å². The maximum atomic E-state index is 12.6. The summed E-state index contributed by atoms with van der Waals surface area (Å²) < 4.78 is 31.8. The van der Waals surface area contributed by atoms with E-state index in [0.29, 0.717) is 28.0 Å². The summed E-state index contributed by atoms with van der Waals surface area (Å²) in [7, 11) is -2.10. The van der Waals surface area contributed by atoms with Crippen molar-refractivity contribution in [3.63, 3.8) is 0 Å². The molecule has 0 saturated carbocycles. The van der Waals surface area contributed by atoms with E-state index in [-0.39, 0.29) is 11.4 Å². The molecule has 0 amide bonds. The molecule has 7 heteroatoms. The summed E-state index contributed by atoms with van der Waals surface area (Å²) in [5.74, 6) is 0.634. The third-order valence-corrected chi connectivity index (χ3v) is 5.66. The first-order valence-electron chi connectivity index (χ1n) is 6.97. The van der Waals surface area contributed by atoms with Crippen LogP contribution in [-0.2, 0) is 16.6 Å². The van der Waals surface area contributed by atoms with Crippen LogP contribution in [0, 0.1) is 0 Å². The van der Waals surface area contributed by atoms with Crippen LogP contribution in [0.15, 0.2) is 47.4 Å². The quantitative estimate of drug-likeness (QED) is 0.761. The lowest BCUT2D eigenvalue weighted by molar-refractivity contribution is 0.340. The van der Waals surface area contributed by atoms with Crippen LogP contribution in [0.1, 0.15) is 12.5 Å². The molecule has 0 atom stereocenters. The van der Waals surface area contributed by atoms with Gasteiger partial charge in [0.15, 0.2) is 0 Å². The van der Waals surface area contributed by atoms with E-state index in [0.717, 1.165) is 0 Å². The van der Waals surface area contributed by atoms with Gasteiger partial charge in [-0.3, -0.25) is 0 Å². The summed E-state index contributed by atoms with van der Waals surface area (Å²) in [5, 5.41) is 0.946. The Hall–Kier alpha value is -1.27. The van der Waals surface area contributed by atoms with E-state index in [1.807, 2.05) is 6.92 Å². The van der Waals surface area contributed by atoms with Crippen LogP contribution in [0.25, 0.3) is 0 Å². The number of hydrogen-bond donors (Lipinski definition) is 0. The molecule has 0 aliphatic carbocycles. The van der Waals surface area contributed by atoms with Gasteiger partial charge in [0.1, 0.15) is 5.75 Å². The molecule has 0 heterocycles. The molecule has 0 fully saturated rings. The van der Waals surface area contributed by atoms with E-state index < -0.39 is 10.0 Å². The van der Waals surface area contributed by atoms with E-state index in [1.54, 1.807) is 30.3 Å². The summed E-state index contributed by atoms with van der Waals surface area (Å²) in [5.41, 5.74) is 0.688. The minimum Gasteiger partial charge on any atom is -0.494 e. The van der Waals surface area contributed by atoms with Crippen molar-refractivity contribution in [2.24, 2.45) is 0 Å².